The van der Waals surface area contributed by atoms with Gasteiger partial charge >= 0.3 is 0 Å². The summed E-state index contributed by atoms with van der Waals surface area (Å²) in [7, 11) is -3.46. The lowest BCUT2D eigenvalue weighted by atomic mass is 10.1. The number of hydrogen-bond acceptors (Lipinski definition) is 4. The zero-order valence-corrected chi connectivity index (χ0v) is 12.3. The van der Waals surface area contributed by atoms with Crippen molar-refractivity contribution in [2.45, 2.75) is 30.8 Å². The van der Waals surface area contributed by atoms with Crippen molar-refractivity contribution in [1.29, 1.82) is 0 Å². The van der Waals surface area contributed by atoms with Gasteiger partial charge in [0.25, 0.3) is 0 Å². The molecule has 1 aliphatic rings. The molecule has 1 fully saturated rings. The number of nitrogens with zero attached hydrogens (tertiary/aromatic N) is 2. The van der Waals surface area contributed by atoms with E-state index in [2.05, 4.69) is 4.98 Å². The van der Waals surface area contributed by atoms with Crippen LogP contribution in [0.15, 0.2) is 23.2 Å². The van der Waals surface area contributed by atoms with Crippen LogP contribution in [-0.4, -0.2) is 43.5 Å². The number of piperidine rings is 1. The van der Waals surface area contributed by atoms with Gasteiger partial charge < -0.3 is 4.74 Å². The van der Waals surface area contributed by atoms with Crippen molar-refractivity contribution in [2.24, 2.45) is 0 Å². The second-order valence-corrected chi connectivity index (χ2v) is 6.70. The molecule has 0 spiro atoms. The number of ether oxygens (including phenoxy) is 1. The van der Waals surface area contributed by atoms with Crippen molar-refractivity contribution >= 4 is 21.6 Å². The minimum absolute atomic E-state index is 0.166. The minimum atomic E-state index is -3.46. The average molecular weight is 305 g/mol. The Morgan fingerprint density at radius 2 is 2.11 bits per heavy atom. The first-order valence-electron chi connectivity index (χ1n) is 6.27. The molecule has 0 N–H and O–H groups in total. The van der Waals surface area contributed by atoms with Gasteiger partial charge in [0.05, 0.1) is 6.10 Å². The SMILES string of the molecule is CCOC1CCN(S(=O)(=O)c2ccc(Cl)nc2)CC1. The summed E-state index contributed by atoms with van der Waals surface area (Å²) in [6, 6.07) is 2.97. The molecule has 19 heavy (non-hydrogen) atoms. The quantitative estimate of drug-likeness (QED) is 0.798. The summed E-state index contributed by atoms with van der Waals surface area (Å²) in [5.41, 5.74) is 0. The highest BCUT2D eigenvalue weighted by molar-refractivity contribution is 7.89. The Kier molecular flexibility index (Phi) is 4.78. The maximum atomic E-state index is 12.4. The van der Waals surface area contributed by atoms with Crippen LogP contribution in [0.2, 0.25) is 5.15 Å². The third-order valence-electron chi connectivity index (χ3n) is 3.14. The van der Waals surface area contributed by atoms with Crippen molar-refractivity contribution in [3.63, 3.8) is 0 Å². The molecule has 0 amide bonds. The van der Waals surface area contributed by atoms with Gasteiger partial charge in [0.2, 0.25) is 10.0 Å². The monoisotopic (exact) mass is 304 g/mol. The standard InChI is InChI=1S/C12H17ClN2O3S/c1-2-18-10-5-7-15(8-6-10)19(16,17)11-3-4-12(13)14-9-11/h3-4,9-10H,2,5-8H2,1H3. The highest BCUT2D eigenvalue weighted by Gasteiger charge is 2.29. The molecule has 0 saturated carbocycles. The second kappa shape index (κ2) is 6.17. The van der Waals surface area contributed by atoms with Crippen molar-refractivity contribution in [3.05, 3.63) is 23.5 Å². The van der Waals surface area contributed by atoms with Crippen LogP contribution in [0, 0.1) is 0 Å². The fourth-order valence-corrected chi connectivity index (χ4v) is 3.67. The molecular formula is C12H17ClN2O3S. The maximum Gasteiger partial charge on any atom is 0.244 e. The van der Waals surface area contributed by atoms with Crippen molar-refractivity contribution < 1.29 is 13.2 Å². The first-order chi connectivity index (χ1) is 9.04. The zero-order chi connectivity index (χ0) is 13.9. The van der Waals surface area contributed by atoms with E-state index in [0.717, 1.165) is 12.8 Å². The number of sulfonamides is 1. The van der Waals surface area contributed by atoms with Gasteiger partial charge in [0.15, 0.2) is 0 Å². The Morgan fingerprint density at radius 1 is 1.42 bits per heavy atom. The van der Waals surface area contributed by atoms with E-state index >= 15 is 0 Å². The number of halogens is 1. The smallest absolute Gasteiger partial charge is 0.244 e. The molecule has 0 unspecified atom stereocenters. The predicted octanol–water partition coefficient (Wildman–Crippen LogP) is 1.92. The van der Waals surface area contributed by atoms with Gasteiger partial charge in [-0.1, -0.05) is 11.6 Å². The summed E-state index contributed by atoms with van der Waals surface area (Å²) < 4.78 is 31.7. The molecule has 1 aromatic rings. The number of rotatable bonds is 4. The van der Waals surface area contributed by atoms with Gasteiger partial charge in [-0.25, -0.2) is 13.4 Å². The van der Waals surface area contributed by atoms with Crippen LogP contribution >= 0.6 is 11.6 Å². The van der Waals surface area contributed by atoms with Crippen LogP contribution in [0.25, 0.3) is 0 Å². The molecule has 7 heteroatoms. The number of hydrogen-bond donors (Lipinski definition) is 0. The van der Waals surface area contributed by atoms with E-state index in [9.17, 15) is 8.42 Å². The van der Waals surface area contributed by atoms with Crippen molar-refractivity contribution in [3.8, 4) is 0 Å². The molecule has 1 saturated heterocycles. The summed E-state index contributed by atoms with van der Waals surface area (Å²) in [5.74, 6) is 0. The third kappa shape index (κ3) is 3.45. The molecule has 1 aliphatic heterocycles. The molecule has 0 atom stereocenters. The zero-order valence-electron chi connectivity index (χ0n) is 10.8. The van der Waals surface area contributed by atoms with Crippen LogP contribution in [0.5, 0.6) is 0 Å². The van der Waals surface area contributed by atoms with Crippen LogP contribution in [-0.2, 0) is 14.8 Å². The molecule has 1 aromatic heterocycles. The predicted molar refractivity (Wildman–Crippen MR) is 72.7 cm³/mol. The Labute approximate surface area is 118 Å². The summed E-state index contributed by atoms with van der Waals surface area (Å²) in [6.07, 6.45) is 2.92. The number of pyridine rings is 1. The highest BCUT2D eigenvalue weighted by Crippen LogP contribution is 2.22. The van der Waals surface area contributed by atoms with Crippen LogP contribution < -0.4 is 0 Å². The molecular weight excluding hydrogens is 288 g/mol. The van der Waals surface area contributed by atoms with E-state index in [1.54, 1.807) is 0 Å². The van der Waals surface area contributed by atoms with Gasteiger partial charge in [-0.3, -0.25) is 0 Å². The van der Waals surface area contributed by atoms with Crippen molar-refractivity contribution in [2.75, 3.05) is 19.7 Å². The largest absolute Gasteiger partial charge is 0.378 e. The average Bonchev–Trinajstić information content (AvgIpc) is 2.40. The molecule has 5 nitrogen and oxygen atoms in total. The van der Waals surface area contributed by atoms with Crippen molar-refractivity contribution in [1.82, 2.24) is 9.29 Å². The molecule has 0 aliphatic carbocycles. The van der Waals surface area contributed by atoms with E-state index < -0.39 is 10.0 Å². The van der Waals surface area contributed by atoms with Gasteiger partial charge in [-0.05, 0) is 31.9 Å². The molecule has 2 heterocycles. The Bertz CT molecular complexity index is 510. The van der Waals surface area contributed by atoms with E-state index in [1.807, 2.05) is 6.92 Å². The number of aromatic nitrogens is 1. The van der Waals surface area contributed by atoms with Crippen LogP contribution in [0.3, 0.4) is 0 Å². The third-order valence-corrected chi connectivity index (χ3v) is 5.25. The maximum absolute atomic E-state index is 12.4. The lowest BCUT2D eigenvalue weighted by Crippen LogP contribution is -2.40. The fraction of sp³-hybridized carbons (Fsp3) is 0.583. The van der Waals surface area contributed by atoms with E-state index in [0.29, 0.717) is 19.7 Å². The Balaban J connectivity index is 2.07. The summed E-state index contributed by atoms with van der Waals surface area (Å²) >= 11 is 5.67. The first-order valence-corrected chi connectivity index (χ1v) is 8.09. The van der Waals surface area contributed by atoms with Gasteiger partial charge in [0.1, 0.15) is 10.0 Å². The second-order valence-electron chi connectivity index (χ2n) is 4.38. The van der Waals surface area contributed by atoms with E-state index in [4.69, 9.17) is 16.3 Å². The topological polar surface area (TPSA) is 59.5 Å². The van der Waals surface area contributed by atoms with E-state index in [-0.39, 0.29) is 16.2 Å². The lowest BCUT2D eigenvalue weighted by Gasteiger charge is -2.30. The fourth-order valence-electron chi connectivity index (χ4n) is 2.14. The Morgan fingerprint density at radius 3 is 2.63 bits per heavy atom. The minimum Gasteiger partial charge on any atom is -0.378 e. The Hall–Kier alpha value is -0.690. The van der Waals surface area contributed by atoms with Crippen LogP contribution in [0.4, 0.5) is 0 Å². The summed E-state index contributed by atoms with van der Waals surface area (Å²) in [4.78, 5) is 4.01. The normalized spacial score (nSPS) is 18.6. The molecule has 2 rings (SSSR count). The van der Waals surface area contributed by atoms with Gasteiger partial charge in [-0.2, -0.15) is 4.31 Å². The summed E-state index contributed by atoms with van der Waals surface area (Å²) in [6.45, 7) is 3.58. The van der Waals surface area contributed by atoms with Gasteiger partial charge in [-0.15, -0.1) is 0 Å². The lowest BCUT2D eigenvalue weighted by molar-refractivity contribution is 0.0290. The molecule has 106 valence electrons. The first kappa shape index (κ1) is 14.7. The molecule has 0 aromatic carbocycles. The van der Waals surface area contributed by atoms with Crippen LogP contribution in [0.1, 0.15) is 19.8 Å². The van der Waals surface area contributed by atoms with E-state index in [1.165, 1.54) is 22.6 Å². The summed E-state index contributed by atoms with van der Waals surface area (Å²) in [5, 5.41) is 0.286. The molecule has 0 radical (unpaired) electrons. The van der Waals surface area contributed by atoms with Gasteiger partial charge in [0, 0.05) is 25.9 Å². The molecule has 0 bridgehead atoms. The highest BCUT2D eigenvalue weighted by atomic mass is 35.5.